The van der Waals surface area contributed by atoms with E-state index in [0.717, 1.165) is 44.8 Å². The van der Waals surface area contributed by atoms with Crippen LogP contribution in [0, 0.1) is 0 Å². The highest BCUT2D eigenvalue weighted by atomic mass is 16.5. The molecule has 1 aromatic rings. The van der Waals surface area contributed by atoms with Crippen molar-refractivity contribution in [3.05, 3.63) is 11.7 Å². The topological polar surface area (TPSA) is 71.7 Å². The minimum atomic E-state index is -0.0685. The van der Waals surface area contributed by atoms with Crippen molar-refractivity contribution in [2.24, 2.45) is 0 Å². The Balaban J connectivity index is 1.56. The van der Waals surface area contributed by atoms with Gasteiger partial charge in [0, 0.05) is 39.0 Å². The SMILES string of the molecule is CCc1noc([C@@H](C)N2CCN([C@@H]3CCOC3=O)CC2)n1. The largest absolute Gasteiger partial charge is 0.464 e. The molecule has 0 spiro atoms. The molecule has 3 rings (SSSR count). The number of cyclic esters (lactones) is 1. The van der Waals surface area contributed by atoms with Crippen molar-refractivity contribution < 1.29 is 14.1 Å². The van der Waals surface area contributed by atoms with E-state index in [1.807, 2.05) is 6.92 Å². The van der Waals surface area contributed by atoms with Gasteiger partial charge in [-0.2, -0.15) is 4.98 Å². The molecule has 0 bridgehead atoms. The molecule has 116 valence electrons. The zero-order valence-electron chi connectivity index (χ0n) is 12.6. The van der Waals surface area contributed by atoms with Gasteiger partial charge in [0.2, 0.25) is 5.89 Å². The van der Waals surface area contributed by atoms with E-state index < -0.39 is 0 Å². The fourth-order valence-electron chi connectivity index (χ4n) is 2.99. The van der Waals surface area contributed by atoms with Gasteiger partial charge in [0.25, 0.3) is 0 Å². The van der Waals surface area contributed by atoms with Crippen molar-refractivity contribution in [3.63, 3.8) is 0 Å². The van der Waals surface area contributed by atoms with Crippen molar-refractivity contribution in [2.45, 2.75) is 38.8 Å². The molecule has 2 atom stereocenters. The Labute approximate surface area is 124 Å². The summed E-state index contributed by atoms with van der Waals surface area (Å²) in [5.74, 6) is 1.37. The monoisotopic (exact) mass is 294 g/mol. The minimum Gasteiger partial charge on any atom is -0.464 e. The summed E-state index contributed by atoms with van der Waals surface area (Å²) in [7, 11) is 0. The number of piperazine rings is 1. The highest BCUT2D eigenvalue weighted by Gasteiger charge is 2.35. The fourth-order valence-corrected chi connectivity index (χ4v) is 2.99. The van der Waals surface area contributed by atoms with Gasteiger partial charge in [-0.1, -0.05) is 12.1 Å². The van der Waals surface area contributed by atoms with Crippen LogP contribution < -0.4 is 0 Å². The van der Waals surface area contributed by atoms with Gasteiger partial charge >= 0.3 is 5.97 Å². The van der Waals surface area contributed by atoms with E-state index in [9.17, 15) is 4.79 Å². The van der Waals surface area contributed by atoms with E-state index in [0.29, 0.717) is 12.5 Å². The van der Waals surface area contributed by atoms with E-state index in [1.54, 1.807) is 0 Å². The molecule has 0 aliphatic carbocycles. The summed E-state index contributed by atoms with van der Waals surface area (Å²) in [6, 6.07) is 0.0769. The van der Waals surface area contributed by atoms with E-state index in [-0.39, 0.29) is 18.1 Å². The zero-order valence-corrected chi connectivity index (χ0v) is 12.6. The second-order valence-electron chi connectivity index (χ2n) is 5.62. The van der Waals surface area contributed by atoms with Crippen LogP contribution in [0.4, 0.5) is 0 Å². The van der Waals surface area contributed by atoms with Crippen molar-refractivity contribution in [1.29, 1.82) is 0 Å². The molecule has 21 heavy (non-hydrogen) atoms. The van der Waals surface area contributed by atoms with Crippen LogP contribution in [0.5, 0.6) is 0 Å². The van der Waals surface area contributed by atoms with Gasteiger partial charge in [0.15, 0.2) is 5.82 Å². The average Bonchev–Trinajstić information content (AvgIpc) is 3.15. The zero-order chi connectivity index (χ0) is 14.8. The van der Waals surface area contributed by atoms with Crippen molar-refractivity contribution in [1.82, 2.24) is 19.9 Å². The van der Waals surface area contributed by atoms with E-state index in [2.05, 4.69) is 26.9 Å². The summed E-state index contributed by atoms with van der Waals surface area (Å²) in [6.45, 7) is 8.20. The molecular formula is C14H22N4O3. The van der Waals surface area contributed by atoms with Crippen LogP contribution in [0.2, 0.25) is 0 Å². The maximum Gasteiger partial charge on any atom is 0.323 e. The molecule has 0 amide bonds. The average molecular weight is 294 g/mol. The Hall–Kier alpha value is -1.47. The first-order chi connectivity index (χ1) is 10.2. The third-order valence-corrected chi connectivity index (χ3v) is 4.40. The van der Waals surface area contributed by atoms with Gasteiger partial charge in [-0.25, -0.2) is 0 Å². The number of aryl methyl sites for hydroxylation is 1. The number of esters is 1. The van der Waals surface area contributed by atoms with Gasteiger partial charge in [-0.05, 0) is 6.92 Å². The van der Waals surface area contributed by atoms with Gasteiger partial charge in [-0.3, -0.25) is 14.6 Å². The lowest BCUT2D eigenvalue weighted by Gasteiger charge is -2.38. The third-order valence-electron chi connectivity index (χ3n) is 4.40. The van der Waals surface area contributed by atoms with Crippen LogP contribution in [0.1, 0.15) is 38.0 Å². The summed E-state index contributed by atoms with van der Waals surface area (Å²) in [6.07, 6.45) is 1.60. The Morgan fingerprint density at radius 1 is 1.33 bits per heavy atom. The molecule has 2 aliphatic heterocycles. The highest BCUT2D eigenvalue weighted by Crippen LogP contribution is 2.22. The Morgan fingerprint density at radius 2 is 2.10 bits per heavy atom. The van der Waals surface area contributed by atoms with Crippen molar-refractivity contribution >= 4 is 5.97 Å². The molecule has 7 nitrogen and oxygen atoms in total. The summed E-state index contributed by atoms with van der Waals surface area (Å²) < 4.78 is 10.4. The first-order valence-corrected chi connectivity index (χ1v) is 7.66. The Morgan fingerprint density at radius 3 is 2.67 bits per heavy atom. The van der Waals surface area contributed by atoms with Crippen molar-refractivity contribution in [3.8, 4) is 0 Å². The van der Waals surface area contributed by atoms with Crippen LogP contribution in [0.25, 0.3) is 0 Å². The predicted molar refractivity (Wildman–Crippen MR) is 74.6 cm³/mol. The molecule has 0 unspecified atom stereocenters. The van der Waals surface area contributed by atoms with Crippen LogP contribution in [-0.4, -0.2) is 64.7 Å². The first kappa shape index (κ1) is 14.5. The molecule has 7 heteroatoms. The molecule has 2 fully saturated rings. The lowest BCUT2D eigenvalue weighted by Crippen LogP contribution is -2.52. The molecule has 2 saturated heterocycles. The fraction of sp³-hybridized carbons (Fsp3) is 0.786. The summed E-state index contributed by atoms with van der Waals surface area (Å²) in [5, 5.41) is 3.95. The summed E-state index contributed by atoms with van der Waals surface area (Å²) in [4.78, 5) is 20.6. The van der Waals surface area contributed by atoms with Gasteiger partial charge in [0.05, 0.1) is 12.6 Å². The molecule has 1 aromatic heterocycles. The lowest BCUT2D eigenvalue weighted by molar-refractivity contribution is -0.143. The third kappa shape index (κ3) is 2.94. The van der Waals surface area contributed by atoms with E-state index in [4.69, 9.17) is 9.26 Å². The second-order valence-corrected chi connectivity index (χ2v) is 5.62. The van der Waals surface area contributed by atoms with Crippen molar-refractivity contribution in [2.75, 3.05) is 32.8 Å². The first-order valence-electron chi connectivity index (χ1n) is 7.66. The van der Waals surface area contributed by atoms with Crippen LogP contribution in [0.3, 0.4) is 0 Å². The standard InChI is InChI=1S/C14H22N4O3/c1-3-12-15-13(21-16-12)10(2)17-5-7-18(8-6-17)11-4-9-20-14(11)19/h10-11H,3-9H2,1-2H3/t10-,11-/m1/s1. The number of aromatic nitrogens is 2. The number of rotatable bonds is 4. The maximum absolute atomic E-state index is 11.6. The maximum atomic E-state index is 11.6. The summed E-state index contributed by atoms with van der Waals surface area (Å²) >= 11 is 0. The van der Waals surface area contributed by atoms with E-state index in [1.165, 1.54) is 0 Å². The van der Waals surface area contributed by atoms with Crippen LogP contribution >= 0.6 is 0 Å². The lowest BCUT2D eigenvalue weighted by atomic mass is 10.1. The number of hydrogen-bond donors (Lipinski definition) is 0. The van der Waals surface area contributed by atoms with Crippen LogP contribution in [0.15, 0.2) is 4.52 Å². The molecule has 0 N–H and O–H groups in total. The molecule has 0 saturated carbocycles. The molecule has 0 aromatic carbocycles. The molecule has 2 aliphatic rings. The quantitative estimate of drug-likeness (QED) is 0.754. The number of hydrogen-bond acceptors (Lipinski definition) is 7. The predicted octanol–water partition coefficient (Wildman–Crippen LogP) is 0.626. The molecule has 0 radical (unpaired) electrons. The van der Waals surface area contributed by atoms with Gasteiger partial charge in [0.1, 0.15) is 6.04 Å². The van der Waals surface area contributed by atoms with Crippen LogP contribution in [-0.2, 0) is 16.0 Å². The highest BCUT2D eigenvalue weighted by molar-refractivity contribution is 5.77. The molecule has 3 heterocycles. The minimum absolute atomic E-state index is 0.0439. The number of ether oxygens (including phenoxy) is 1. The van der Waals surface area contributed by atoms with E-state index >= 15 is 0 Å². The van der Waals surface area contributed by atoms with Gasteiger partial charge in [-0.15, -0.1) is 0 Å². The second kappa shape index (κ2) is 6.11. The number of nitrogens with zero attached hydrogens (tertiary/aromatic N) is 4. The Kier molecular flexibility index (Phi) is 4.21. The smallest absolute Gasteiger partial charge is 0.323 e. The summed E-state index contributed by atoms with van der Waals surface area (Å²) in [5.41, 5.74) is 0. The number of carbonyl (C=O) groups is 1. The van der Waals surface area contributed by atoms with Gasteiger partial charge < -0.3 is 9.26 Å². The molecular weight excluding hydrogens is 272 g/mol. The normalized spacial score (nSPS) is 26.0. The number of carbonyl (C=O) groups excluding carboxylic acids is 1. The Bertz CT molecular complexity index is 496.